The third-order valence-corrected chi connectivity index (χ3v) is 3.43. The van der Waals surface area contributed by atoms with Crippen LogP contribution in [0.2, 0.25) is 0 Å². The standard InChI is InChI=1S/C11H13N3O2S/c1-6(2)14-5-12-4-8(14)10-13-9(11(15)16)7(3)17-10/h4-6H,1-3H3,(H,15,16). The van der Waals surface area contributed by atoms with Crippen LogP contribution in [0.1, 0.15) is 35.3 Å². The van der Waals surface area contributed by atoms with Crippen molar-refractivity contribution in [2.45, 2.75) is 26.8 Å². The lowest BCUT2D eigenvalue weighted by atomic mass is 10.3. The second-order valence-electron chi connectivity index (χ2n) is 4.01. The first-order chi connectivity index (χ1) is 8.00. The largest absolute Gasteiger partial charge is 0.476 e. The lowest BCUT2D eigenvalue weighted by Crippen LogP contribution is -2.02. The van der Waals surface area contributed by atoms with E-state index in [0.717, 1.165) is 5.69 Å². The van der Waals surface area contributed by atoms with Gasteiger partial charge in [0.2, 0.25) is 0 Å². The maximum atomic E-state index is 10.9. The molecular weight excluding hydrogens is 238 g/mol. The number of nitrogens with zero attached hydrogens (tertiary/aromatic N) is 3. The fourth-order valence-corrected chi connectivity index (χ4v) is 2.51. The summed E-state index contributed by atoms with van der Waals surface area (Å²) in [5.41, 5.74) is 0.988. The van der Waals surface area contributed by atoms with Gasteiger partial charge < -0.3 is 9.67 Å². The molecule has 1 N–H and O–H groups in total. The molecule has 0 saturated carbocycles. The van der Waals surface area contributed by atoms with E-state index in [1.54, 1.807) is 19.4 Å². The van der Waals surface area contributed by atoms with Gasteiger partial charge in [-0.2, -0.15) is 0 Å². The number of hydrogen-bond donors (Lipinski definition) is 1. The van der Waals surface area contributed by atoms with Crippen molar-refractivity contribution in [2.75, 3.05) is 0 Å². The van der Waals surface area contributed by atoms with Crippen LogP contribution < -0.4 is 0 Å². The molecule has 90 valence electrons. The molecule has 0 aliphatic carbocycles. The first-order valence-electron chi connectivity index (χ1n) is 5.23. The van der Waals surface area contributed by atoms with Crippen LogP contribution >= 0.6 is 11.3 Å². The SMILES string of the molecule is Cc1sc(-c2cncn2C(C)C)nc1C(=O)O. The molecule has 0 spiro atoms. The minimum Gasteiger partial charge on any atom is -0.476 e. The summed E-state index contributed by atoms with van der Waals surface area (Å²) in [5.74, 6) is -0.986. The number of carboxylic acid groups (broad SMARTS) is 1. The number of aryl methyl sites for hydroxylation is 1. The van der Waals surface area contributed by atoms with E-state index < -0.39 is 5.97 Å². The molecule has 0 unspecified atom stereocenters. The van der Waals surface area contributed by atoms with Crippen LogP contribution in [0.15, 0.2) is 12.5 Å². The summed E-state index contributed by atoms with van der Waals surface area (Å²) < 4.78 is 1.98. The van der Waals surface area contributed by atoms with Gasteiger partial charge in [-0.05, 0) is 20.8 Å². The topological polar surface area (TPSA) is 68.0 Å². The third-order valence-electron chi connectivity index (χ3n) is 2.44. The number of carboxylic acids is 1. The molecule has 0 fully saturated rings. The van der Waals surface area contributed by atoms with Crippen molar-refractivity contribution in [2.24, 2.45) is 0 Å². The van der Waals surface area contributed by atoms with Crippen molar-refractivity contribution in [3.05, 3.63) is 23.1 Å². The van der Waals surface area contributed by atoms with E-state index in [0.29, 0.717) is 9.88 Å². The molecule has 0 radical (unpaired) electrons. The number of thiazole rings is 1. The van der Waals surface area contributed by atoms with Crippen LogP contribution in [0.3, 0.4) is 0 Å². The third kappa shape index (κ3) is 2.08. The van der Waals surface area contributed by atoms with E-state index in [9.17, 15) is 4.79 Å². The van der Waals surface area contributed by atoms with E-state index in [-0.39, 0.29) is 11.7 Å². The summed E-state index contributed by atoms with van der Waals surface area (Å²) >= 11 is 1.38. The summed E-state index contributed by atoms with van der Waals surface area (Å²) in [7, 11) is 0. The summed E-state index contributed by atoms with van der Waals surface area (Å²) in [5, 5.41) is 9.68. The molecule has 0 amide bonds. The highest BCUT2D eigenvalue weighted by Gasteiger charge is 2.17. The Morgan fingerprint density at radius 3 is 2.76 bits per heavy atom. The van der Waals surface area contributed by atoms with E-state index in [4.69, 9.17) is 5.11 Å². The van der Waals surface area contributed by atoms with Crippen LogP contribution in [0.4, 0.5) is 0 Å². The van der Waals surface area contributed by atoms with Crippen molar-refractivity contribution in [3.63, 3.8) is 0 Å². The Bertz CT molecular complexity index is 557. The number of aromatic carboxylic acids is 1. The zero-order valence-corrected chi connectivity index (χ0v) is 10.7. The molecule has 0 atom stereocenters. The first kappa shape index (κ1) is 11.8. The van der Waals surface area contributed by atoms with Gasteiger partial charge in [-0.3, -0.25) is 0 Å². The molecule has 2 rings (SSSR count). The zero-order chi connectivity index (χ0) is 12.6. The highest BCUT2D eigenvalue weighted by Crippen LogP contribution is 2.28. The smallest absolute Gasteiger partial charge is 0.355 e. The Kier molecular flexibility index (Phi) is 2.97. The minimum atomic E-state index is -0.986. The van der Waals surface area contributed by atoms with Gasteiger partial charge in [0.1, 0.15) is 5.01 Å². The molecule has 0 aromatic carbocycles. The number of imidazole rings is 1. The van der Waals surface area contributed by atoms with Crippen molar-refractivity contribution in [3.8, 4) is 10.7 Å². The number of carbonyl (C=O) groups is 1. The van der Waals surface area contributed by atoms with Crippen molar-refractivity contribution >= 4 is 17.3 Å². The predicted octanol–water partition coefficient (Wildman–Crippen LogP) is 2.59. The van der Waals surface area contributed by atoms with Gasteiger partial charge in [0.15, 0.2) is 5.69 Å². The summed E-state index contributed by atoms with van der Waals surface area (Å²) in [6.07, 6.45) is 3.45. The van der Waals surface area contributed by atoms with Crippen molar-refractivity contribution in [1.29, 1.82) is 0 Å². The molecule has 17 heavy (non-hydrogen) atoms. The number of hydrogen-bond acceptors (Lipinski definition) is 4. The summed E-state index contributed by atoms with van der Waals surface area (Å²) in [6.45, 7) is 5.86. The van der Waals surface area contributed by atoms with E-state index in [2.05, 4.69) is 9.97 Å². The second-order valence-corrected chi connectivity index (χ2v) is 5.21. The molecule has 2 aromatic rings. The van der Waals surface area contributed by atoms with Gasteiger partial charge in [-0.1, -0.05) is 0 Å². The van der Waals surface area contributed by atoms with Gasteiger partial charge in [0.25, 0.3) is 0 Å². The quantitative estimate of drug-likeness (QED) is 0.910. The minimum absolute atomic E-state index is 0.126. The van der Waals surface area contributed by atoms with Crippen LogP contribution in [0, 0.1) is 6.92 Å². The average Bonchev–Trinajstić information content (AvgIpc) is 2.82. The molecule has 5 nitrogen and oxygen atoms in total. The Hall–Kier alpha value is -1.69. The number of rotatable bonds is 3. The van der Waals surface area contributed by atoms with Gasteiger partial charge in [0.05, 0.1) is 18.2 Å². The second kappa shape index (κ2) is 4.29. The average molecular weight is 251 g/mol. The fraction of sp³-hybridized carbons (Fsp3) is 0.364. The van der Waals surface area contributed by atoms with Crippen molar-refractivity contribution < 1.29 is 9.90 Å². The van der Waals surface area contributed by atoms with Crippen LogP contribution in [0.5, 0.6) is 0 Å². The van der Waals surface area contributed by atoms with Crippen LogP contribution in [0.25, 0.3) is 10.7 Å². The molecule has 0 bridgehead atoms. The van der Waals surface area contributed by atoms with Gasteiger partial charge in [-0.15, -0.1) is 11.3 Å². The molecule has 2 aromatic heterocycles. The van der Waals surface area contributed by atoms with E-state index in [1.807, 2.05) is 18.4 Å². The molecule has 0 aliphatic rings. The van der Waals surface area contributed by atoms with Gasteiger partial charge in [-0.25, -0.2) is 14.8 Å². The highest BCUT2D eigenvalue weighted by molar-refractivity contribution is 7.15. The fourth-order valence-electron chi connectivity index (χ4n) is 1.59. The molecule has 2 heterocycles. The lowest BCUT2D eigenvalue weighted by molar-refractivity contribution is 0.0690. The summed E-state index contributed by atoms with van der Waals surface area (Å²) in [4.78, 5) is 19.9. The van der Waals surface area contributed by atoms with E-state index in [1.165, 1.54) is 11.3 Å². The maximum absolute atomic E-state index is 10.9. The predicted molar refractivity (Wildman–Crippen MR) is 65.4 cm³/mol. The monoisotopic (exact) mass is 251 g/mol. The Balaban J connectivity index is 2.50. The molecule has 6 heteroatoms. The normalized spacial score (nSPS) is 11.1. The highest BCUT2D eigenvalue weighted by atomic mass is 32.1. The molecule has 0 saturated heterocycles. The Morgan fingerprint density at radius 2 is 2.24 bits per heavy atom. The van der Waals surface area contributed by atoms with Gasteiger partial charge >= 0.3 is 5.97 Å². The zero-order valence-electron chi connectivity index (χ0n) is 9.84. The lowest BCUT2D eigenvalue weighted by Gasteiger charge is -2.09. The van der Waals surface area contributed by atoms with E-state index >= 15 is 0 Å². The maximum Gasteiger partial charge on any atom is 0.355 e. The van der Waals surface area contributed by atoms with Gasteiger partial charge in [0, 0.05) is 10.9 Å². The van der Waals surface area contributed by atoms with Crippen molar-refractivity contribution in [1.82, 2.24) is 14.5 Å². The molecular formula is C11H13N3O2S. The summed E-state index contributed by atoms with van der Waals surface area (Å²) in [6, 6.07) is 0.269. The Morgan fingerprint density at radius 1 is 1.53 bits per heavy atom. The first-order valence-corrected chi connectivity index (χ1v) is 6.05. The number of aromatic nitrogens is 3. The van der Waals surface area contributed by atoms with Crippen LogP contribution in [-0.2, 0) is 0 Å². The Labute approximate surface area is 103 Å². The molecule has 0 aliphatic heterocycles. The van der Waals surface area contributed by atoms with Crippen LogP contribution in [-0.4, -0.2) is 25.6 Å².